The fourth-order valence-electron chi connectivity index (χ4n) is 3.08. The number of nitrogen functional groups attached to an aromatic ring is 1. The summed E-state index contributed by atoms with van der Waals surface area (Å²) in [5, 5.41) is 4.32. The molecule has 0 aliphatic carbocycles. The van der Waals surface area contributed by atoms with E-state index in [0.29, 0.717) is 27.7 Å². The van der Waals surface area contributed by atoms with Crippen LogP contribution >= 0.6 is 11.6 Å². The molecule has 4 aromatic rings. The maximum atomic E-state index is 12.7. The highest BCUT2D eigenvalue weighted by molar-refractivity contribution is 6.31. The molecule has 0 aliphatic rings. The van der Waals surface area contributed by atoms with Gasteiger partial charge >= 0.3 is 5.97 Å². The van der Waals surface area contributed by atoms with Gasteiger partial charge in [-0.25, -0.2) is 4.79 Å². The first-order valence-electron chi connectivity index (χ1n) is 9.57. The summed E-state index contributed by atoms with van der Waals surface area (Å²) in [5.41, 5.74) is 8.06. The third kappa shape index (κ3) is 4.68. The Balaban J connectivity index is 1.52. The van der Waals surface area contributed by atoms with Crippen LogP contribution in [0.3, 0.4) is 0 Å². The van der Waals surface area contributed by atoms with Crippen molar-refractivity contribution >= 4 is 46.1 Å². The molecular weight excluding hydrogens is 432 g/mol. The Morgan fingerprint density at radius 2 is 1.91 bits per heavy atom. The van der Waals surface area contributed by atoms with E-state index in [1.54, 1.807) is 50.4 Å². The molecule has 0 spiro atoms. The predicted molar refractivity (Wildman–Crippen MR) is 121 cm³/mol. The smallest absolute Gasteiger partial charge is 0.340 e. The molecule has 162 valence electrons. The molecule has 32 heavy (non-hydrogen) atoms. The largest absolute Gasteiger partial charge is 0.495 e. The molecule has 10 heteroatoms. The number of hydrogen-bond acceptors (Lipinski definition) is 9. The van der Waals surface area contributed by atoms with Crippen LogP contribution in [0.5, 0.6) is 5.75 Å². The zero-order valence-electron chi connectivity index (χ0n) is 17.3. The zero-order chi connectivity index (χ0) is 22.7. The van der Waals surface area contributed by atoms with E-state index in [4.69, 9.17) is 26.8 Å². The number of halogens is 1. The van der Waals surface area contributed by atoms with Gasteiger partial charge in [-0.3, -0.25) is 4.98 Å². The summed E-state index contributed by atoms with van der Waals surface area (Å²) in [4.78, 5) is 29.5. The lowest BCUT2D eigenvalue weighted by Crippen LogP contribution is -2.12. The van der Waals surface area contributed by atoms with Gasteiger partial charge in [0.1, 0.15) is 5.75 Å². The molecule has 0 unspecified atom stereocenters. The number of fused-ring (bicyclic) bond motifs is 1. The van der Waals surface area contributed by atoms with Crippen LogP contribution in [0, 0.1) is 6.92 Å². The van der Waals surface area contributed by atoms with Crippen molar-refractivity contribution in [1.82, 2.24) is 19.9 Å². The fourth-order valence-corrected chi connectivity index (χ4v) is 3.27. The molecule has 0 radical (unpaired) electrons. The number of rotatable bonds is 6. The number of nitrogens with one attached hydrogen (secondary N) is 1. The van der Waals surface area contributed by atoms with Gasteiger partial charge in [0.2, 0.25) is 11.9 Å². The predicted octanol–water partition coefficient (Wildman–Crippen LogP) is 4.07. The van der Waals surface area contributed by atoms with Crippen molar-refractivity contribution in [3.05, 3.63) is 70.6 Å². The van der Waals surface area contributed by atoms with E-state index < -0.39 is 5.97 Å². The number of aromatic nitrogens is 4. The molecule has 0 aliphatic heterocycles. The number of benzene rings is 2. The van der Waals surface area contributed by atoms with Crippen LogP contribution in [0.25, 0.3) is 10.9 Å². The van der Waals surface area contributed by atoms with Crippen molar-refractivity contribution in [3.63, 3.8) is 0 Å². The van der Waals surface area contributed by atoms with E-state index in [1.807, 2.05) is 12.1 Å². The molecular formula is C22H19ClN6O3. The third-order valence-electron chi connectivity index (χ3n) is 4.57. The molecule has 2 aromatic heterocycles. The third-order valence-corrected chi connectivity index (χ3v) is 4.81. The second kappa shape index (κ2) is 9.03. The summed E-state index contributed by atoms with van der Waals surface area (Å²) >= 11 is 6.05. The molecule has 0 saturated heterocycles. The lowest BCUT2D eigenvalue weighted by atomic mass is 10.1. The quantitative estimate of drug-likeness (QED) is 0.418. The maximum absolute atomic E-state index is 12.7. The highest BCUT2D eigenvalue weighted by Crippen LogP contribution is 2.26. The van der Waals surface area contributed by atoms with E-state index in [-0.39, 0.29) is 24.3 Å². The molecule has 2 aromatic carbocycles. The normalized spacial score (nSPS) is 10.7. The molecule has 0 saturated carbocycles. The molecule has 0 fully saturated rings. The van der Waals surface area contributed by atoms with Gasteiger partial charge in [-0.2, -0.15) is 15.0 Å². The number of anilines is 3. The highest BCUT2D eigenvalue weighted by atomic mass is 35.5. The Kier molecular flexibility index (Phi) is 6.00. The van der Waals surface area contributed by atoms with Gasteiger partial charge in [0.25, 0.3) is 0 Å². The molecule has 2 heterocycles. The van der Waals surface area contributed by atoms with Crippen molar-refractivity contribution in [3.8, 4) is 5.75 Å². The Labute approximate surface area is 188 Å². The van der Waals surface area contributed by atoms with Gasteiger partial charge in [0, 0.05) is 10.4 Å². The number of nitrogens with zero attached hydrogens (tertiary/aromatic N) is 4. The van der Waals surface area contributed by atoms with Gasteiger partial charge in [-0.05, 0) is 43.3 Å². The lowest BCUT2D eigenvalue weighted by molar-refractivity contribution is 0.0461. The number of carbonyl (C=O) groups excluding carboxylic acids is 1. The molecule has 0 bridgehead atoms. The number of esters is 1. The van der Waals surface area contributed by atoms with Gasteiger partial charge in [0.05, 0.1) is 29.6 Å². The average molecular weight is 451 g/mol. The molecule has 9 nitrogen and oxygen atoms in total. The summed E-state index contributed by atoms with van der Waals surface area (Å²) in [7, 11) is 1.56. The van der Waals surface area contributed by atoms with E-state index in [2.05, 4.69) is 25.3 Å². The van der Waals surface area contributed by atoms with E-state index in [0.717, 1.165) is 10.9 Å². The number of methoxy groups -OCH3 is 1. The first-order chi connectivity index (χ1) is 15.4. The fraction of sp³-hybridized carbons (Fsp3) is 0.136. The van der Waals surface area contributed by atoms with Gasteiger partial charge in [-0.1, -0.05) is 23.7 Å². The summed E-state index contributed by atoms with van der Waals surface area (Å²) in [6.07, 6.45) is 0. The van der Waals surface area contributed by atoms with Crippen molar-refractivity contribution in [2.24, 2.45) is 0 Å². The monoisotopic (exact) mass is 450 g/mol. The number of carbonyl (C=O) groups is 1. The van der Waals surface area contributed by atoms with Crippen LogP contribution in [0.15, 0.2) is 48.5 Å². The summed E-state index contributed by atoms with van der Waals surface area (Å²) in [6, 6.07) is 14.3. The number of pyridine rings is 1. The second-order valence-electron chi connectivity index (χ2n) is 6.79. The topological polar surface area (TPSA) is 125 Å². The van der Waals surface area contributed by atoms with Crippen LogP contribution < -0.4 is 15.8 Å². The lowest BCUT2D eigenvalue weighted by Gasteiger charge is -2.11. The molecule has 3 N–H and O–H groups in total. The minimum absolute atomic E-state index is 0.0124. The van der Waals surface area contributed by atoms with Gasteiger partial charge in [0.15, 0.2) is 12.4 Å². The van der Waals surface area contributed by atoms with Crippen LogP contribution in [0.2, 0.25) is 5.02 Å². The van der Waals surface area contributed by atoms with Gasteiger partial charge < -0.3 is 20.5 Å². The summed E-state index contributed by atoms with van der Waals surface area (Å²) < 4.78 is 10.7. The minimum Gasteiger partial charge on any atom is -0.495 e. The van der Waals surface area contributed by atoms with Crippen LogP contribution in [0.1, 0.15) is 21.9 Å². The van der Waals surface area contributed by atoms with Crippen molar-refractivity contribution in [2.75, 3.05) is 18.2 Å². The molecule has 4 rings (SSSR count). The van der Waals surface area contributed by atoms with E-state index in [1.165, 1.54) is 0 Å². The number of para-hydroxylation sites is 2. The van der Waals surface area contributed by atoms with E-state index >= 15 is 0 Å². The van der Waals surface area contributed by atoms with Crippen LogP contribution in [0.4, 0.5) is 17.6 Å². The minimum atomic E-state index is -0.560. The number of ether oxygens (including phenoxy) is 2. The number of hydrogen-bond donors (Lipinski definition) is 2. The zero-order valence-corrected chi connectivity index (χ0v) is 18.1. The molecule has 0 atom stereocenters. The Hall–Kier alpha value is -3.98. The summed E-state index contributed by atoms with van der Waals surface area (Å²) in [6.45, 7) is 1.54. The maximum Gasteiger partial charge on any atom is 0.340 e. The SMILES string of the molecule is COc1ccccc1Nc1nc(N)nc(COC(=O)c2cc3cc(Cl)ccc3nc2C)n1. The van der Waals surface area contributed by atoms with Crippen LogP contribution in [-0.4, -0.2) is 33.0 Å². The van der Waals surface area contributed by atoms with Crippen molar-refractivity contribution in [2.45, 2.75) is 13.5 Å². The Morgan fingerprint density at radius 1 is 1.09 bits per heavy atom. The van der Waals surface area contributed by atoms with Crippen LogP contribution in [-0.2, 0) is 11.3 Å². The first kappa shape index (κ1) is 21.3. The molecule has 0 amide bonds. The van der Waals surface area contributed by atoms with E-state index in [9.17, 15) is 4.79 Å². The van der Waals surface area contributed by atoms with Crippen molar-refractivity contribution in [1.29, 1.82) is 0 Å². The number of aryl methyl sites for hydroxylation is 1. The Morgan fingerprint density at radius 3 is 2.72 bits per heavy atom. The second-order valence-corrected chi connectivity index (χ2v) is 7.23. The summed E-state index contributed by atoms with van der Waals surface area (Å²) in [5.74, 6) is 0.430. The van der Waals surface area contributed by atoms with Crippen molar-refractivity contribution < 1.29 is 14.3 Å². The number of nitrogens with two attached hydrogens (primary N) is 1. The highest BCUT2D eigenvalue weighted by Gasteiger charge is 2.15. The Bertz CT molecular complexity index is 1310. The standard InChI is InChI=1S/C22H19ClN6O3/c1-12-15(10-13-9-14(23)7-8-16(13)25-12)20(30)32-11-19-27-21(24)29-22(28-19)26-17-5-3-4-6-18(17)31-2/h3-10H,11H2,1-2H3,(H3,24,26,27,28,29). The average Bonchev–Trinajstić information content (AvgIpc) is 2.77. The van der Waals surface area contributed by atoms with Gasteiger partial charge in [-0.15, -0.1) is 0 Å². The first-order valence-corrected chi connectivity index (χ1v) is 9.95.